The summed E-state index contributed by atoms with van der Waals surface area (Å²) in [5.74, 6) is 0.574. The van der Waals surface area contributed by atoms with Crippen LogP contribution in [0.3, 0.4) is 0 Å². The van der Waals surface area contributed by atoms with Crippen LogP contribution >= 0.6 is 28.4 Å². The molecule has 4 unspecified atom stereocenters. The minimum Gasteiger partial charge on any atom is -0.379 e. The van der Waals surface area contributed by atoms with Crippen molar-refractivity contribution in [2.24, 2.45) is 0 Å². The van der Waals surface area contributed by atoms with Crippen molar-refractivity contribution in [2.75, 3.05) is 31.0 Å². The Balaban J connectivity index is 1.42. The van der Waals surface area contributed by atoms with Crippen LogP contribution in [0, 0.1) is 0 Å². The van der Waals surface area contributed by atoms with Crippen molar-refractivity contribution in [3.63, 3.8) is 0 Å². The predicted octanol–water partition coefficient (Wildman–Crippen LogP) is 3.28. The van der Waals surface area contributed by atoms with Gasteiger partial charge in [0.05, 0.1) is 42.9 Å². The highest BCUT2D eigenvalue weighted by Crippen LogP contribution is 2.44. The van der Waals surface area contributed by atoms with Gasteiger partial charge in [-0.25, -0.2) is 9.97 Å². The standard InChI is InChI=1S/C18H24ClN3O6P2/c19-18-21-15-7-11(1-3-14(15)17(22-18)20-12-5-6-26-8-12)16-4-2-13(28-16)9-27-30(25)10-29(23)24/h1,3,7,12-13,16,23-25H,2,4-6,8-10H2,(H,20,21,22). The van der Waals surface area contributed by atoms with Crippen LogP contribution in [0.25, 0.3) is 10.9 Å². The van der Waals surface area contributed by atoms with Crippen molar-refractivity contribution in [3.8, 4) is 0 Å². The molecule has 2 aliphatic rings. The third-order valence-electron chi connectivity index (χ3n) is 5.10. The van der Waals surface area contributed by atoms with Gasteiger partial charge in [-0.1, -0.05) is 6.07 Å². The Kier molecular flexibility index (Phi) is 7.68. The van der Waals surface area contributed by atoms with Gasteiger partial charge in [0.25, 0.3) is 0 Å². The highest BCUT2D eigenvalue weighted by Gasteiger charge is 2.28. The minimum absolute atomic E-state index is 0.103. The van der Waals surface area contributed by atoms with E-state index in [4.69, 9.17) is 35.4 Å². The third-order valence-corrected chi connectivity index (χ3v) is 7.70. The van der Waals surface area contributed by atoms with Crippen LogP contribution in [-0.2, 0) is 14.0 Å². The Labute approximate surface area is 181 Å². The van der Waals surface area contributed by atoms with E-state index in [1.54, 1.807) is 0 Å². The molecule has 2 fully saturated rings. The van der Waals surface area contributed by atoms with Gasteiger partial charge in [0.1, 0.15) is 5.82 Å². The van der Waals surface area contributed by atoms with Gasteiger partial charge >= 0.3 is 0 Å². The van der Waals surface area contributed by atoms with Crippen molar-refractivity contribution in [2.45, 2.75) is 37.5 Å². The van der Waals surface area contributed by atoms with Crippen molar-refractivity contribution in [1.82, 2.24) is 9.97 Å². The summed E-state index contributed by atoms with van der Waals surface area (Å²) >= 11 is 6.15. The number of hydrogen-bond acceptors (Lipinski definition) is 9. The molecule has 1 aromatic heterocycles. The van der Waals surface area contributed by atoms with Gasteiger partial charge in [-0.2, -0.15) is 0 Å². The first-order valence-corrected chi connectivity index (χ1v) is 12.9. The van der Waals surface area contributed by atoms with Gasteiger partial charge in [-0.3, -0.25) is 0 Å². The van der Waals surface area contributed by atoms with Crippen LogP contribution in [0.5, 0.6) is 0 Å². The molecule has 0 saturated carbocycles. The first kappa shape index (κ1) is 22.5. The molecule has 12 heteroatoms. The van der Waals surface area contributed by atoms with Crippen LogP contribution < -0.4 is 5.32 Å². The fourth-order valence-corrected chi connectivity index (χ4v) is 5.37. The number of benzene rings is 1. The fourth-order valence-electron chi connectivity index (χ4n) is 3.66. The second-order valence-electron chi connectivity index (χ2n) is 7.31. The number of fused-ring (bicyclic) bond motifs is 1. The van der Waals surface area contributed by atoms with E-state index < -0.39 is 16.8 Å². The van der Waals surface area contributed by atoms with Gasteiger partial charge in [-0.15, -0.1) is 0 Å². The Morgan fingerprint density at radius 3 is 2.83 bits per heavy atom. The number of hydrogen-bond donors (Lipinski definition) is 4. The summed E-state index contributed by atoms with van der Waals surface area (Å²) in [6.45, 7) is 1.61. The topological polar surface area (TPSA) is 126 Å². The fraction of sp³-hybridized carbons (Fsp3) is 0.556. The Morgan fingerprint density at radius 2 is 2.07 bits per heavy atom. The normalized spacial score (nSPS) is 25.3. The van der Waals surface area contributed by atoms with Crippen molar-refractivity contribution in [3.05, 3.63) is 29.0 Å². The van der Waals surface area contributed by atoms with Crippen LogP contribution in [0.2, 0.25) is 5.28 Å². The van der Waals surface area contributed by atoms with E-state index in [1.165, 1.54) is 0 Å². The summed E-state index contributed by atoms with van der Waals surface area (Å²) in [7, 11) is -4.00. The SMILES string of the molecule is OP(O)CP(O)OCC1CCC(c2ccc3c(NC4CCOC4)nc(Cl)nc3c2)O1. The lowest BCUT2D eigenvalue weighted by atomic mass is 10.0. The summed E-state index contributed by atoms with van der Waals surface area (Å²) in [6.07, 6.45) is 2.28. The number of aromatic nitrogens is 2. The first-order chi connectivity index (χ1) is 14.5. The smallest absolute Gasteiger partial charge is 0.224 e. The summed E-state index contributed by atoms with van der Waals surface area (Å²) in [5, 5.41) is 4.47. The number of anilines is 1. The van der Waals surface area contributed by atoms with Gasteiger partial charge in [0.2, 0.25) is 5.28 Å². The molecule has 3 heterocycles. The van der Waals surface area contributed by atoms with Crippen LogP contribution in [-0.4, -0.2) is 62.5 Å². The lowest BCUT2D eigenvalue weighted by molar-refractivity contribution is 0.0178. The van der Waals surface area contributed by atoms with Crippen LogP contribution in [0.1, 0.15) is 30.9 Å². The number of nitrogens with one attached hydrogen (secondary N) is 1. The van der Waals surface area contributed by atoms with E-state index in [1.807, 2.05) is 18.2 Å². The van der Waals surface area contributed by atoms with Gasteiger partial charge in [-0.05, 0) is 48.6 Å². The van der Waals surface area contributed by atoms with Crippen molar-refractivity contribution in [1.29, 1.82) is 0 Å². The summed E-state index contributed by atoms with van der Waals surface area (Å²) < 4.78 is 16.8. The zero-order chi connectivity index (χ0) is 21.1. The van der Waals surface area contributed by atoms with E-state index in [0.717, 1.165) is 42.3 Å². The molecule has 2 saturated heterocycles. The zero-order valence-corrected chi connectivity index (χ0v) is 18.7. The van der Waals surface area contributed by atoms with E-state index in [-0.39, 0.29) is 36.0 Å². The molecule has 0 radical (unpaired) electrons. The molecule has 0 aliphatic carbocycles. The molecule has 0 spiro atoms. The summed E-state index contributed by atoms with van der Waals surface area (Å²) in [5.41, 5.74) is 1.74. The van der Waals surface area contributed by atoms with Crippen molar-refractivity contribution < 1.29 is 28.7 Å². The van der Waals surface area contributed by atoms with Crippen molar-refractivity contribution >= 4 is 45.1 Å². The Morgan fingerprint density at radius 1 is 1.20 bits per heavy atom. The maximum Gasteiger partial charge on any atom is 0.224 e. The van der Waals surface area contributed by atoms with Crippen LogP contribution in [0.15, 0.2) is 18.2 Å². The summed E-state index contributed by atoms with van der Waals surface area (Å²) in [4.78, 5) is 36.3. The second-order valence-corrected chi connectivity index (χ2v) is 10.5. The van der Waals surface area contributed by atoms with E-state index in [2.05, 4.69) is 15.3 Å². The average molecular weight is 476 g/mol. The molecule has 4 rings (SSSR count). The lowest BCUT2D eigenvalue weighted by Crippen LogP contribution is -2.20. The summed E-state index contributed by atoms with van der Waals surface area (Å²) in [6, 6.07) is 6.16. The lowest BCUT2D eigenvalue weighted by Gasteiger charge is -2.17. The van der Waals surface area contributed by atoms with Crippen LogP contribution in [0.4, 0.5) is 5.82 Å². The average Bonchev–Trinajstić information content (AvgIpc) is 3.37. The zero-order valence-electron chi connectivity index (χ0n) is 16.1. The number of nitrogens with zero attached hydrogens (tertiary/aromatic N) is 2. The Bertz CT molecular complexity index is 873. The van der Waals surface area contributed by atoms with E-state index in [0.29, 0.717) is 12.4 Å². The molecule has 0 amide bonds. The predicted molar refractivity (Wildman–Crippen MR) is 116 cm³/mol. The van der Waals surface area contributed by atoms with Gasteiger partial charge in [0.15, 0.2) is 16.8 Å². The number of rotatable bonds is 8. The maximum atomic E-state index is 9.68. The molecule has 4 N–H and O–H groups in total. The third kappa shape index (κ3) is 5.74. The molecule has 9 nitrogen and oxygen atoms in total. The maximum absolute atomic E-state index is 9.68. The van der Waals surface area contributed by atoms with Gasteiger partial charge < -0.3 is 34.0 Å². The number of ether oxygens (including phenoxy) is 2. The largest absolute Gasteiger partial charge is 0.379 e. The minimum atomic E-state index is -2.16. The van der Waals surface area contributed by atoms with E-state index >= 15 is 0 Å². The monoisotopic (exact) mass is 475 g/mol. The molecular weight excluding hydrogens is 452 g/mol. The highest BCUT2D eigenvalue weighted by atomic mass is 35.5. The quantitative estimate of drug-likeness (QED) is 0.336. The molecule has 1 aromatic carbocycles. The van der Waals surface area contributed by atoms with E-state index in [9.17, 15) is 4.89 Å². The van der Waals surface area contributed by atoms with Gasteiger partial charge in [0, 0.05) is 12.0 Å². The molecule has 2 aliphatic heterocycles. The molecular formula is C18H24ClN3O6P2. The molecule has 0 bridgehead atoms. The molecule has 4 atom stereocenters. The molecule has 2 aromatic rings. The second kappa shape index (κ2) is 10.3. The first-order valence-electron chi connectivity index (χ1n) is 9.69. The number of halogens is 1. The molecule has 164 valence electrons. The highest BCUT2D eigenvalue weighted by molar-refractivity contribution is 7.63. The molecule has 30 heavy (non-hydrogen) atoms. The Hall–Kier alpha value is -0.730.